The Hall–Kier alpha value is -1.22. The van der Waals surface area contributed by atoms with Crippen molar-refractivity contribution in [3.63, 3.8) is 0 Å². The minimum absolute atomic E-state index is 0.550. The zero-order valence-electron chi connectivity index (χ0n) is 12.4. The molecule has 1 aliphatic rings. The van der Waals surface area contributed by atoms with Gasteiger partial charge in [0, 0.05) is 31.6 Å². The van der Waals surface area contributed by atoms with Crippen molar-refractivity contribution in [1.29, 1.82) is 0 Å². The van der Waals surface area contributed by atoms with Gasteiger partial charge in [-0.15, -0.1) is 11.3 Å². The fourth-order valence-electron chi connectivity index (χ4n) is 2.56. The van der Waals surface area contributed by atoms with Gasteiger partial charge in [0.15, 0.2) is 10.8 Å². The van der Waals surface area contributed by atoms with Crippen molar-refractivity contribution in [2.24, 2.45) is 0 Å². The van der Waals surface area contributed by atoms with Gasteiger partial charge in [-0.05, 0) is 25.1 Å². The van der Waals surface area contributed by atoms with Gasteiger partial charge in [-0.3, -0.25) is 4.90 Å². The van der Waals surface area contributed by atoms with E-state index in [-0.39, 0.29) is 0 Å². The van der Waals surface area contributed by atoms with Crippen molar-refractivity contribution in [3.05, 3.63) is 29.5 Å². The Balaban J connectivity index is 1.62. The van der Waals surface area contributed by atoms with Gasteiger partial charge in [0.05, 0.1) is 18.2 Å². The molecule has 0 aromatic carbocycles. The van der Waals surface area contributed by atoms with Crippen LogP contribution in [0.15, 0.2) is 28.2 Å². The fourth-order valence-corrected chi connectivity index (χ4v) is 4.21. The Labute approximate surface area is 134 Å². The van der Waals surface area contributed by atoms with E-state index in [1.807, 2.05) is 17.5 Å². The van der Waals surface area contributed by atoms with Gasteiger partial charge < -0.3 is 4.42 Å². The van der Waals surface area contributed by atoms with Crippen LogP contribution in [0.3, 0.4) is 0 Å². The molecule has 8 heteroatoms. The summed E-state index contributed by atoms with van der Waals surface area (Å²) in [7, 11) is -3.09. The van der Waals surface area contributed by atoms with Crippen LogP contribution < -0.4 is 0 Å². The molecule has 0 atom stereocenters. The molecule has 22 heavy (non-hydrogen) atoms. The number of aromatic nitrogens is 1. The number of thiazole rings is 1. The molecule has 1 aliphatic heterocycles. The molecule has 1 saturated heterocycles. The fraction of sp³-hybridized carbons (Fsp3) is 0.500. The molecule has 0 aliphatic carbocycles. The van der Waals surface area contributed by atoms with E-state index in [2.05, 4.69) is 9.88 Å². The number of furan rings is 1. The first kappa shape index (κ1) is 15.7. The molecule has 2 aromatic rings. The summed E-state index contributed by atoms with van der Waals surface area (Å²) in [6.45, 7) is 3.52. The summed E-state index contributed by atoms with van der Waals surface area (Å²) in [4.78, 5) is 6.85. The molecule has 1 fully saturated rings. The van der Waals surface area contributed by atoms with Crippen LogP contribution in [0, 0.1) is 0 Å². The predicted octanol–water partition coefficient (Wildman–Crippen LogP) is 1.87. The summed E-state index contributed by atoms with van der Waals surface area (Å²) in [5, 5.41) is 2.92. The van der Waals surface area contributed by atoms with Gasteiger partial charge in [-0.1, -0.05) is 0 Å². The molecule has 0 saturated carbocycles. The highest BCUT2D eigenvalue weighted by molar-refractivity contribution is 7.88. The first-order chi connectivity index (χ1) is 10.5. The molecule has 120 valence electrons. The van der Waals surface area contributed by atoms with E-state index in [0.29, 0.717) is 13.1 Å². The van der Waals surface area contributed by atoms with Crippen LogP contribution in [0.2, 0.25) is 0 Å². The lowest BCUT2D eigenvalue weighted by Gasteiger charge is -2.19. The Bertz CT molecular complexity index is 710. The van der Waals surface area contributed by atoms with Gasteiger partial charge in [0.2, 0.25) is 10.0 Å². The molecule has 2 aromatic heterocycles. The highest BCUT2D eigenvalue weighted by Crippen LogP contribution is 2.24. The summed E-state index contributed by atoms with van der Waals surface area (Å²) in [5.74, 6) is 0.787. The summed E-state index contributed by atoms with van der Waals surface area (Å²) in [5.41, 5.74) is 1.00. The summed E-state index contributed by atoms with van der Waals surface area (Å²) >= 11 is 1.57. The Kier molecular flexibility index (Phi) is 4.62. The molecule has 6 nitrogen and oxygen atoms in total. The van der Waals surface area contributed by atoms with E-state index in [1.54, 1.807) is 21.9 Å². The number of hydrogen-bond acceptors (Lipinski definition) is 6. The van der Waals surface area contributed by atoms with E-state index in [1.165, 1.54) is 6.26 Å². The lowest BCUT2D eigenvalue weighted by molar-refractivity contribution is 0.276. The third kappa shape index (κ3) is 3.75. The Morgan fingerprint density at radius 2 is 2.18 bits per heavy atom. The van der Waals surface area contributed by atoms with Crippen molar-refractivity contribution in [2.45, 2.75) is 13.0 Å². The van der Waals surface area contributed by atoms with Gasteiger partial charge >= 0.3 is 0 Å². The minimum Gasteiger partial charge on any atom is -0.462 e. The van der Waals surface area contributed by atoms with Crippen molar-refractivity contribution < 1.29 is 12.8 Å². The number of sulfonamides is 1. The van der Waals surface area contributed by atoms with Crippen LogP contribution in [-0.2, 0) is 16.6 Å². The van der Waals surface area contributed by atoms with Crippen LogP contribution in [0.1, 0.15) is 12.1 Å². The van der Waals surface area contributed by atoms with E-state index in [4.69, 9.17) is 4.42 Å². The third-order valence-corrected chi connectivity index (χ3v) is 5.89. The maximum atomic E-state index is 11.6. The standard InChI is InChI=1S/C14H19N3O3S2/c1-22(18,19)17-6-3-5-16(7-8-17)10-12-11-21-14(15-12)13-4-2-9-20-13/h2,4,9,11H,3,5-8,10H2,1H3. The second kappa shape index (κ2) is 6.49. The van der Waals surface area contributed by atoms with Gasteiger partial charge in [-0.25, -0.2) is 17.7 Å². The first-order valence-electron chi connectivity index (χ1n) is 7.18. The van der Waals surface area contributed by atoms with E-state index < -0.39 is 10.0 Å². The van der Waals surface area contributed by atoms with Crippen molar-refractivity contribution in [2.75, 3.05) is 32.4 Å². The maximum absolute atomic E-state index is 11.6. The first-order valence-corrected chi connectivity index (χ1v) is 9.91. The van der Waals surface area contributed by atoms with Crippen LogP contribution in [0.25, 0.3) is 10.8 Å². The molecule has 3 heterocycles. The minimum atomic E-state index is -3.09. The normalized spacial score (nSPS) is 18.4. The summed E-state index contributed by atoms with van der Waals surface area (Å²) < 4.78 is 30.2. The average molecular weight is 341 g/mol. The molecular weight excluding hydrogens is 322 g/mol. The zero-order chi connectivity index (χ0) is 15.6. The third-order valence-electron chi connectivity index (χ3n) is 3.69. The molecule has 0 radical (unpaired) electrons. The molecule has 0 amide bonds. The van der Waals surface area contributed by atoms with Crippen LogP contribution in [0.4, 0.5) is 0 Å². The average Bonchev–Trinajstić information content (AvgIpc) is 3.06. The molecule has 3 rings (SSSR count). The second-order valence-corrected chi connectivity index (χ2v) is 8.25. The molecule has 0 spiro atoms. The largest absolute Gasteiger partial charge is 0.462 e. The SMILES string of the molecule is CS(=O)(=O)N1CCCN(Cc2csc(-c3ccco3)n2)CC1. The van der Waals surface area contributed by atoms with E-state index in [9.17, 15) is 8.42 Å². The smallest absolute Gasteiger partial charge is 0.211 e. The van der Waals surface area contributed by atoms with Crippen molar-refractivity contribution >= 4 is 21.4 Å². The van der Waals surface area contributed by atoms with Crippen LogP contribution >= 0.6 is 11.3 Å². The summed E-state index contributed by atoms with van der Waals surface area (Å²) in [6, 6.07) is 3.75. The lowest BCUT2D eigenvalue weighted by atomic mass is 10.3. The highest BCUT2D eigenvalue weighted by Gasteiger charge is 2.21. The van der Waals surface area contributed by atoms with Gasteiger partial charge in [0.25, 0.3) is 0 Å². The summed E-state index contributed by atoms with van der Waals surface area (Å²) in [6.07, 6.45) is 3.77. The second-order valence-electron chi connectivity index (χ2n) is 5.41. The topological polar surface area (TPSA) is 66.7 Å². The number of hydrogen-bond donors (Lipinski definition) is 0. The number of rotatable bonds is 4. The quantitative estimate of drug-likeness (QED) is 0.849. The van der Waals surface area contributed by atoms with Gasteiger partial charge in [-0.2, -0.15) is 0 Å². The van der Waals surface area contributed by atoms with E-state index in [0.717, 1.165) is 42.5 Å². The monoisotopic (exact) mass is 341 g/mol. The lowest BCUT2D eigenvalue weighted by Crippen LogP contribution is -2.34. The van der Waals surface area contributed by atoms with Crippen molar-refractivity contribution in [1.82, 2.24) is 14.2 Å². The zero-order valence-corrected chi connectivity index (χ0v) is 14.1. The Morgan fingerprint density at radius 1 is 1.32 bits per heavy atom. The van der Waals surface area contributed by atoms with Crippen LogP contribution in [0.5, 0.6) is 0 Å². The highest BCUT2D eigenvalue weighted by atomic mass is 32.2. The number of nitrogens with zero attached hydrogens (tertiary/aromatic N) is 3. The molecule has 0 bridgehead atoms. The molecule has 0 N–H and O–H groups in total. The van der Waals surface area contributed by atoms with E-state index >= 15 is 0 Å². The Morgan fingerprint density at radius 3 is 2.91 bits per heavy atom. The van der Waals surface area contributed by atoms with Crippen molar-refractivity contribution in [3.8, 4) is 10.8 Å². The van der Waals surface area contributed by atoms with Crippen LogP contribution in [-0.4, -0.2) is 55.0 Å². The predicted molar refractivity (Wildman–Crippen MR) is 86.1 cm³/mol. The maximum Gasteiger partial charge on any atom is 0.211 e. The molecular formula is C14H19N3O3S2. The molecule has 0 unspecified atom stereocenters. The van der Waals surface area contributed by atoms with Gasteiger partial charge in [0.1, 0.15) is 0 Å².